The first-order valence-corrected chi connectivity index (χ1v) is 7.43. The van der Waals surface area contributed by atoms with E-state index >= 15 is 0 Å². The van der Waals surface area contributed by atoms with Gasteiger partial charge < -0.3 is 15.2 Å². The first-order chi connectivity index (χ1) is 9.01. The smallest absolute Gasteiger partial charge is 0.263 e. The monoisotopic (exact) mass is 359 g/mol. The Morgan fingerprint density at radius 2 is 2.32 bits per heavy atom. The van der Waals surface area contributed by atoms with Gasteiger partial charge in [-0.2, -0.15) is 0 Å². The van der Waals surface area contributed by atoms with Crippen LogP contribution in [0.1, 0.15) is 12.5 Å². The molecule has 1 aliphatic rings. The molecular weight excluding hydrogens is 350 g/mol. The SMILES string of the molecule is CCOc1cc(/C=C2/SC(=S)NC2=O)cc(Br)c1O. The molecule has 0 unspecified atom stereocenters. The zero-order valence-electron chi connectivity index (χ0n) is 9.90. The number of phenols is 1. The fraction of sp³-hybridized carbons (Fsp3) is 0.167. The summed E-state index contributed by atoms with van der Waals surface area (Å²) in [5.41, 5.74) is 0.746. The van der Waals surface area contributed by atoms with Gasteiger partial charge in [0, 0.05) is 0 Å². The van der Waals surface area contributed by atoms with Gasteiger partial charge in [-0.05, 0) is 46.6 Å². The number of phenolic OH excluding ortho intramolecular Hbond substituents is 1. The zero-order chi connectivity index (χ0) is 14.0. The summed E-state index contributed by atoms with van der Waals surface area (Å²) < 4.78 is 6.28. The summed E-state index contributed by atoms with van der Waals surface area (Å²) in [6.07, 6.45) is 1.70. The summed E-state index contributed by atoms with van der Waals surface area (Å²) >= 11 is 9.38. The molecule has 19 heavy (non-hydrogen) atoms. The normalized spacial score (nSPS) is 16.8. The Bertz CT molecular complexity index is 587. The fourth-order valence-electron chi connectivity index (χ4n) is 1.52. The molecule has 1 aromatic rings. The molecule has 4 nitrogen and oxygen atoms in total. The lowest BCUT2D eigenvalue weighted by Gasteiger charge is -2.08. The summed E-state index contributed by atoms with van der Waals surface area (Å²) in [6, 6.07) is 3.38. The Kier molecular flexibility index (Phi) is 4.49. The van der Waals surface area contributed by atoms with E-state index in [1.807, 2.05) is 6.92 Å². The van der Waals surface area contributed by atoms with Crippen LogP contribution in [0.3, 0.4) is 0 Å². The molecule has 1 amide bonds. The van der Waals surface area contributed by atoms with Crippen LogP contribution in [0.25, 0.3) is 6.08 Å². The Morgan fingerprint density at radius 1 is 1.58 bits per heavy atom. The molecule has 1 aromatic carbocycles. The lowest BCUT2D eigenvalue weighted by molar-refractivity contribution is -0.115. The number of nitrogens with one attached hydrogen (secondary N) is 1. The minimum atomic E-state index is -0.211. The molecule has 1 aliphatic heterocycles. The number of amides is 1. The number of benzene rings is 1. The maximum atomic E-state index is 11.6. The Balaban J connectivity index is 2.38. The molecule has 0 aliphatic carbocycles. The van der Waals surface area contributed by atoms with Crippen molar-refractivity contribution in [2.75, 3.05) is 6.61 Å². The number of thiocarbonyl (C=S) groups is 1. The summed E-state index contributed by atoms with van der Waals surface area (Å²) in [7, 11) is 0. The highest BCUT2D eigenvalue weighted by Gasteiger charge is 2.22. The summed E-state index contributed by atoms with van der Waals surface area (Å²) in [6.45, 7) is 2.27. The van der Waals surface area contributed by atoms with Gasteiger partial charge in [-0.15, -0.1) is 0 Å². The number of hydrogen-bond acceptors (Lipinski definition) is 5. The lowest BCUT2D eigenvalue weighted by Crippen LogP contribution is -2.17. The molecule has 2 N–H and O–H groups in total. The summed E-state index contributed by atoms with van der Waals surface area (Å²) in [5, 5.41) is 12.4. The van der Waals surface area contributed by atoms with Crippen LogP contribution in [0.5, 0.6) is 11.5 Å². The molecular formula is C12H10BrNO3S2. The van der Waals surface area contributed by atoms with E-state index in [4.69, 9.17) is 17.0 Å². The van der Waals surface area contributed by atoms with Crippen LogP contribution in [0.4, 0.5) is 0 Å². The third-order valence-corrected chi connectivity index (χ3v) is 4.06. The molecule has 1 saturated heterocycles. The van der Waals surface area contributed by atoms with Crippen molar-refractivity contribution in [2.24, 2.45) is 0 Å². The third-order valence-electron chi connectivity index (χ3n) is 2.29. The molecule has 2 rings (SSSR count). The highest BCUT2D eigenvalue weighted by Crippen LogP contribution is 2.37. The number of carbonyl (C=O) groups excluding carboxylic acids is 1. The molecule has 0 aromatic heterocycles. The lowest BCUT2D eigenvalue weighted by atomic mass is 10.2. The maximum absolute atomic E-state index is 11.6. The van der Waals surface area contributed by atoms with Gasteiger partial charge in [0.2, 0.25) is 0 Å². The van der Waals surface area contributed by atoms with E-state index in [1.165, 1.54) is 11.8 Å². The number of aromatic hydroxyl groups is 1. The number of halogens is 1. The molecule has 0 saturated carbocycles. The Hall–Kier alpha value is -1.05. The zero-order valence-corrected chi connectivity index (χ0v) is 13.1. The van der Waals surface area contributed by atoms with Crippen LogP contribution in [0.2, 0.25) is 0 Å². The van der Waals surface area contributed by atoms with Crippen molar-refractivity contribution in [3.63, 3.8) is 0 Å². The van der Waals surface area contributed by atoms with Gasteiger partial charge in [0.05, 0.1) is 16.0 Å². The number of ether oxygens (including phenoxy) is 1. The van der Waals surface area contributed by atoms with Gasteiger partial charge in [0.25, 0.3) is 5.91 Å². The molecule has 0 atom stereocenters. The van der Waals surface area contributed by atoms with Crippen molar-refractivity contribution in [3.8, 4) is 11.5 Å². The molecule has 7 heteroatoms. The number of carbonyl (C=O) groups is 1. The summed E-state index contributed by atoms with van der Waals surface area (Å²) in [5.74, 6) is 0.204. The topological polar surface area (TPSA) is 58.6 Å². The van der Waals surface area contributed by atoms with Gasteiger partial charge in [-0.1, -0.05) is 24.0 Å². The highest BCUT2D eigenvalue weighted by molar-refractivity contribution is 9.10. The first-order valence-electron chi connectivity index (χ1n) is 5.41. The Morgan fingerprint density at radius 3 is 2.89 bits per heavy atom. The predicted octanol–water partition coefficient (Wildman–Crippen LogP) is 3.04. The van der Waals surface area contributed by atoms with Gasteiger partial charge in [-0.3, -0.25) is 4.79 Å². The van der Waals surface area contributed by atoms with E-state index < -0.39 is 0 Å². The van der Waals surface area contributed by atoms with Crippen LogP contribution in [0, 0.1) is 0 Å². The van der Waals surface area contributed by atoms with Crippen LogP contribution >= 0.6 is 39.9 Å². The minimum absolute atomic E-state index is 0.0445. The molecule has 1 heterocycles. The van der Waals surface area contributed by atoms with E-state index in [1.54, 1.807) is 18.2 Å². The highest BCUT2D eigenvalue weighted by atomic mass is 79.9. The van der Waals surface area contributed by atoms with Gasteiger partial charge in [0.15, 0.2) is 11.5 Å². The van der Waals surface area contributed by atoms with Crippen molar-refractivity contribution < 1.29 is 14.6 Å². The van der Waals surface area contributed by atoms with Crippen LogP contribution in [-0.4, -0.2) is 21.9 Å². The molecule has 0 spiro atoms. The standard InChI is InChI=1S/C12H10BrNO3S2/c1-2-17-8-4-6(3-7(13)10(8)15)5-9-11(16)14-12(18)19-9/h3-5,15H,2H2,1H3,(H,14,16,18)/b9-5+. The molecule has 1 fully saturated rings. The number of rotatable bonds is 3. The average molecular weight is 360 g/mol. The Labute approximate surface area is 128 Å². The van der Waals surface area contributed by atoms with E-state index in [0.717, 1.165) is 5.56 Å². The second kappa shape index (κ2) is 5.94. The van der Waals surface area contributed by atoms with Crippen LogP contribution in [-0.2, 0) is 4.79 Å². The number of hydrogen-bond donors (Lipinski definition) is 2. The van der Waals surface area contributed by atoms with Gasteiger partial charge >= 0.3 is 0 Å². The van der Waals surface area contributed by atoms with Gasteiger partial charge in [0.1, 0.15) is 4.32 Å². The van der Waals surface area contributed by atoms with E-state index in [0.29, 0.717) is 26.1 Å². The van der Waals surface area contributed by atoms with E-state index in [2.05, 4.69) is 21.2 Å². The van der Waals surface area contributed by atoms with Crippen LogP contribution < -0.4 is 10.1 Å². The number of thioether (sulfide) groups is 1. The fourth-order valence-corrected chi connectivity index (χ4v) is 3.02. The molecule has 100 valence electrons. The first kappa shape index (κ1) is 14.4. The largest absolute Gasteiger partial charge is 0.503 e. The summed E-state index contributed by atoms with van der Waals surface area (Å²) in [4.78, 5) is 12.1. The second-order valence-electron chi connectivity index (χ2n) is 3.63. The van der Waals surface area contributed by atoms with Crippen molar-refractivity contribution in [3.05, 3.63) is 27.1 Å². The van der Waals surface area contributed by atoms with Gasteiger partial charge in [-0.25, -0.2) is 0 Å². The molecule has 0 bridgehead atoms. The van der Waals surface area contributed by atoms with Crippen molar-refractivity contribution in [1.82, 2.24) is 5.32 Å². The van der Waals surface area contributed by atoms with Crippen molar-refractivity contribution >= 4 is 56.2 Å². The minimum Gasteiger partial charge on any atom is -0.503 e. The van der Waals surface area contributed by atoms with Crippen LogP contribution in [0.15, 0.2) is 21.5 Å². The van der Waals surface area contributed by atoms with E-state index in [9.17, 15) is 9.90 Å². The quantitative estimate of drug-likeness (QED) is 0.641. The predicted molar refractivity (Wildman–Crippen MR) is 83.3 cm³/mol. The van der Waals surface area contributed by atoms with Crippen molar-refractivity contribution in [2.45, 2.75) is 6.92 Å². The third kappa shape index (κ3) is 3.29. The maximum Gasteiger partial charge on any atom is 0.263 e. The second-order valence-corrected chi connectivity index (χ2v) is 6.21. The van der Waals surface area contributed by atoms with E-state index in [-0.39, 0.29) is 11.7 Å². The molecule has 0 radical (unpaired) electrons. The average Bonchev–Trinajstić information content (AvgIpc) is 2.64. The van der Waals surface area contributed by atoms with Crippen molar-refractivity contribution in [1.29, 1.82) is 0 Å².